The molecule has 2 aromatic rings. The molecule has 1 atom stereocenters. The fourth-order valence-electron chi connectivity index (χ4n) is 2.55. The fraction of sp³-hybridized carbons (Fsp3) is 0.529. The van der Waals surface area contributed by atoms with Gasteiger partial charge in [-0.05, 0) is 28.8 Å². The quantitative estimate of drug-likeness (QED) is 0.614. The van der Waals surface area contributed by atoms with Crippen LogP contribution in [0.2, 0.25) is 0 Å². The molecular formula is C17H24OS. The van der Waals surface area contributed by atoms with Crippen LogP contribution in [0, 0.1) is 0 Å². The van der Waals surface area contributed by atoms with E-state index in [1.54, 1.807) is 11.3 Å². The molecule has 0 fully saturated rings. The molecule has 0 bridgehead atoms. The van der Waals surface area contributed by atoms with Crippen LogP contribution in [0.4, 0.5) is 0 Å². The SMILES string of the molecule is CCCCCCCCC(O)c1cccc2ccsc12. The molecule has 2 heteroatoms. The summed E-state index contributed by atoms with van der Waals surface area (Å²) in [5, 5.41) is 13.7. The maximum absolute atomic E-state index is 10.3. The van der Waals surface area contributed by atoms with E-state index in [1.807, 2.05) is 0 Å². The van der Waals surface area contributed by atoms with Crippen molar-refractivity contribution in [1.29, 1.82) is 0 Å². The van der Waals surface area contributed by atoms with Gasteiger partial charge in [0.1, 0.15) is 0 Å². The Kier molecular flexibility index (Phi) is 5.87. The van der Waals surface area contributed by atoms with Gasteiger partial charge in [-0.15, -0.1) is 11.3 Å². The third-order valence-electron chi connectivity index (χ3n) is 3.70. The number of benzene rings is 1. The smallest absolute Gasteiger partial charge is 0.0803 e. The molecule has 0 aliphatic rings. The van der Waals surface area contributed by atoms with Crippen molar-refractivity contribution in [2.24, 2.45) is 0 Å². The Morgan fingerprint density at radius 1 is 1.05 bits per heavy atom. The Hall–Kier alpha value is -0.860. The molecule has 0 amide bonds. The summed E-state index contributed by atoms with van der Waals surface area (Å²) in [5.74, 6) is 0. The molecule has 1 nitrogen and oxygen atoms in total. The van der Waals surface area contributed by atoms with Crippen LogP contribution in [0.15, 0.2) is 29.6 Å². The summed E-state index contributed by atoms with van der Waals surface area (Å²) in [6, 6.07) is 8.36. The molecular weight excluding hydrogens is 252 g/mol. The van der Waals surface area contributed by atoms with Crippen LogP contribution in [-0.2, 0) is 0 Å². The zero-order valence-electron chi connectivity index (χ0n) is 11.8. The minimum atomic E-state index is -0.298. The van der Waals surface area contributed by atoms with Gasteiger partial charge in [-0.1, -0.05) is 63.6 Å². The fourth-order valence-corrected chi connectivity index (χ4v) is 3.52. The monoisotopic (exact) mass is 276 g/mol. The van der Waals surface area contributed by atoms with Gasteiger partial charge < -0.3 is 5.11 Å². The van der Waals surface area contributed by atoms with Gasteiger partial charge in [-0.25, -0.2) is 0 Å². The van der Waals surface area contributed by atoms with Gasteiger partial charge in [0.2, 0.25) is 0 Å². The van der Waals surface area contributed by atoms with E-state index in [4.69, 9.17) is 0 Å². The maximum atomic E-state index is 10.3. The number of fused-ring (bicyclic) bond motifs is 1. The highest BCUT2D eigenvalue weighted by Gasteiger charge is 2.11. The van der Waals surface area contributed by atoms with Gasteiger partial charge in [-0.3, -0.25) is 0 Å². The zero-order valence-corrected chi connectivity index (χ0v) is 12.6. The molecule has 0 spiro atoms. The van der Waals surface area contributed by atoms with Crippen LogP contribution >= 0.6 is 11.3 Å². The van der Waals surface area contributed by atoms with Crippen molar-refractivity contribution in [3.8, 4) is 0 Å². The van der Waals surface area contributed by atoms with Crippen LogP contribution in [0.25, 0.3) is 10.1 Å². The highest BCUT2D eigenvalue weighted by Crippen LogP contribution is 2.31. The van der Waals surface area contributed by atoms with Crippen LogP contribution < -0.4 is 0 Å². The van der Waals surface area contributed by atoms with Gasteiger partial charge in [0.25, 0.3) is 0 Å². The Morgan fingerprint density at radius 2 is 1.84 bits per heavy atom. The second kappa shape index (κ2) is 7.66. The lowest BCUT2D eigenvalue weighted by Gasteiger charge is -2.12. The summed E-state index contributed by atoms with van der Waals surface area (Å²) >= 11 is 1.73. The lowest BCUT2D eigenvalue weighted by atomic mass is 10.0. The van der Waals surface area contributed by atoms with Crippen molar-refractivity contribution in [3.63, 3.8) is 0 Å². The van der Waals surface area contributed by atoms with E-state index in [0.717, 1.165) is 18.4 Å². The average molecular weight is 276 g/mol. The summed E-state index contributed by atoms with van der Waals surface area (Å²) in [6.45, 7) is 2.24. The first kappa shape index (κ1) is 14.5. The van der Waals surface area contributed by atoms with Crippen molar-refractivity contribution in [2.45, 2.75) is 58.0 Å². The van der Waals surface area contributed by atoms with E-state index in [0.29, 0.717) is 0 Å². The summed E-state index contributed by atoms with van der Waals surface area (Å²) in [5.41, 5.74) is 1.11. The van der Waals surface area contributed by atoms with Crippen LogP contribution in [0.3, 0.4) is 0 Å². The normalized spacial score (nSPS) is 12.9. The highest BCUT2D eigenvalue weighted by atomic mass is 32.1. The first-order chi connectivity index (χ1) is 9.33. The molecule has 1 unspecified atom stereocenters. The number of hydrogen-bond donors (Lipinski definition) is 1. The van der Waals surface area contributed by atoms with Crippen LogP contribution in [0.5, 0.6) is 0 Å². The molecule has 1 heterocycles. The highest BCUT2D eigenvalue weighted by molar-refractivity contribution is 7.17. The summed E-state index contributed by atoms with van der Waals surface area (Å²) in [6.07, 6.45) is 8.26. The van der Waals surface area contributed by atoms with E-state index in [-0.39, 0.29) is 6.10 Å². The van der Waals surface area contributed by atoms with Crippen molar-refractivity contribution in [3.05, 3.63) is 35.2 Å². The number of rotatable bonds is 8. The minimum absolute atomic E-state index is 0.298. The van der Waals surface area contributed by atoms with E-state index in [1.165, 1.54) is 42.2 Å². The molecule has 1 aromatic heterocycles. The third-order valence-corrected chi connectivity index (χ3v) is 4.68. The molecule has 0 aliphatic carbocycles. The van der Waals surface area contributed by atoms with E-state index in [2.05, 4.69) is 36.6 Å². The van der Waals surface area contributed by atoms with Gasteiger partial charge >= 0.3 is 0 Å². The van der Waals surface area contributed by atoms with Crippen LogP contribution in [-0.4, -0.2) is 5.11 Å². The first-order valence-electron chi connectivity index (χ1n) is 7.47. The predicted molar refractivity (Wildman–Crippen MR) is 84.8 cm³/mol. The number of aliphatic hydroxyl groups is 1. The Morgan fingerprint density at radius 3 is 2.68 bits per heavy atom. The molecule has 0 radical (unpaired) electrons. The lowest BCUT2D eigenvalue weighted by Crippen LogP contribution is -1.97. The second-order valence-corrected chi connectivity index (χ2v) is 6.17. The Balaban J connectivity index is 1.83. The topological polar surface area (TPSA) is 20.2 Å². The van der Waals surface area contributed by atoms with E-state index in [9.17, 15) is 5.11 Å². The first-order valence-corrected chi connectivity index (χ1v) is 8.35. The molecule has 19 heavy (non-hydrogen) atoms. The van der Waals surface area contributed by atoms with E-state index >= 15 is 0 Å². The minimum Gasteiger partial charge on any atom is -0.388 e. The molecule has 2 rings (SSSR count). The molecule has 1 N–H and O–H groups in total. The van der Waals surface area contributed by atoms with Gasteiger partial charge in [-0.2, -0.15) is 0 Å². The summed E-state index contributed by atoms with van der Waals surface area (Å²) in [7, 11) is 0. The second-order valence-electron chi connectivity index (χ2n) is 5.26. The Bertz CT molecular complexity index is 489. The summed E-state index contributed by atoms with van der Waals surface area (Å²) in [4.78, 5) is 0. The molecule has 0 saturated heterocycles. The zero-order chi connectivity index (χ0) is 13.5. The third kappa shape index (κ3) is 4.05. The molecule has 0 aliphatic heterocycles. The maximum Gasteiger partial charge on any atom is 0.0803 e. The van der Waals surface area contributed by atoms with Crippen molar-refractivity contribution < 1.29 is 5.11 Å². The average Bonchev–Trinajstić information content (AvgIpc) is 2.90. The van der Waals surface area contributed by atoms with Crippen molar-refractivity contribution in [2.75, 3.05) is 0 Å². The predicted octanol–water partition coefficient (Wildman–Crippen LogP) is 5.69. The largest absolute Gasteiger partial charge is 0.388 e. The number of unbranched alkanes of at least 4 members (excludes halogenated alkanes) is 5. The van der Waals surface area contributed by atoms with E-state index < -0.39 is 0 Å². The standard InChI is InChI=1S/C17H24OS/c1-2-3-4-5-6-7-11-16(18)15-10-8-9-14-12-13-19-17(14)15/h8-10,12-13,16,18H,2-7,11H2,1H3. The van der Waals surface area contributed by atoms with Crippen molar-refractivity contribution >= 4 is 21.4 Å². The van der Waals surface area contributed by atoms with Crippen molar-refractivity contribution in [1.82, 2.24) is 0 Å². The molecule has 104 valence electrons. The molecule has 1 aromatic carbocycles. The summed E-state index contributed by atoms with van der Waals surface area (Å²) < 4.78 is 1.25. The van der Waals surface area contributed by atoms with Gasteiger partial charge in [0, 0.05) is 4.70 Å². The Labute approximate surface area is 120 Å². The number of hydrogen-bond acceptors (Lipinski definition) is 2. The van der Waals surface area contributed by atoms with Gasteiger partial charge in [0.15, 0.2) is 0 Å². The van der Waals surface area contributed by atoms with Crippen LogP contribution in [0.1, 0.15) is 63.5 Å². The number of thiophene rings is 1. The lowest BCUT2D eigenvalue weighted by molar-refractivity contribution is 0.165. The number of aliphatic hydroxyl groups excluding tert-OH is 1. The molecule has 0 saturated carbocycles. The van der Waals surface area contributed by atoms with Gasteiger partial charge in [0.05, 0.1) is 6.10 Å².